The van der Waals surface area contributed by atoms with Gasteiger partial charge in [0.15, 0.2) is 0 Å². The van der Waals surface area contributed by atoms with Crippen molar-refractivity contribution >= 4 is 23.4 Å². The Bertz CT molecular complexity index is 554. The fraction of sp³-hybridized carbons (Fsp3) is 0.167. The third-order valence-electron chi connectivity index (χ3n) is 2.38. The molecule has 2 aromatic heterocycles. The van der Waals surface area contributed by atoms with Crippen molar-refractivity contribution in [3.05, 3.63) is 47.0 Å². The summed E-state index contributed by atoms with van der Waals surface area (Å²) in [5.41, 5.74) is 0.0872. The minimum absolute atomic E-state index is 0.0872. The Morgan fingerprint density at radius 2 is 2.33 bits per heavy atom. The van der Waals surface area contributed by atoms with Crippen molar-refractivity contribution in [3.8, 4) is 0 Å². The Hall–Kier alpha value is -2.01. The molecular formula is C12H11ClN2O3. The number of hydrogen-bond acceptors (Lipinski definition) is 4. The number of carboxylic acids is 1. The van der Waals surface area contributed by atoms with E-state index in [0.29, 0.717) is 5.82 Å². The van der Waals surface area contributed by atoms with Crippen LogP contribution in [0.2, 0.25) is 5.15 Å². The quantitative estimate of drug-likeness (QED) is 0.831. The third-order valence-corrected chi connectivity index (χ3v) is 2.57. The van der Waals surface area contributed by atoms with Crippen LogP contribution in [0.3, 0.4) is 0 Å². The van der Waals surface area contributed by atoms with E-state index in [1.165, 1.54) is 12.1 Å². The van der Waals surface area contributed by atoms with Gasteiger partial charge in [-0.2, -0.15) is 0 Å². The summed E-state index contributed by atoms with van der Waals surface area (Å²) in [7, 11) is 0. The standard InChI is InChI=1S/C12H11ClN2O3/c1-7(9-3-2-4-18-9)14-11-6-8(12(16)17)5-10(13)15-11/h2-7H,1H3,(H,14,15)(H,16,17). The summed E-state index contributed by atoms with van der Waals surface area (Å²) in [6, 6.07) is 6.19. The van der Waals surface area contributed by atoms with E-state index in [0.717, 1.165) is 5.76 Å². The fourth-order valence-electron chi connectivity index (χ4n) is 1.52. The van der Waals surface area contributed by atoms with E-state index in [1.54, 1.807) is 12.3 Å². The molecule has 0 aliphatic heterocycles. The maximum atomic E-state index is 10.9. The average molecular weight is 267 g/mol. The van der Waals surface area contributed by atoms with Crippen molar-refractivity contribution in [1.29, 1.82) is 0 Å². The second-order valence-corrected chi connectivity index (χ2v) is 4.14. The van der Waals surface area contributed by atoms with Gasteiger partial charge in [-0.15, -0.1) is 0 Å². The maximum absolute atomic E-state index is 10.9. The molecule has 0 radical (unpaired) electrons. The summed E-state index contributed by atoms with van der Waals surface area (Å²) < 4.78 is 5.24. The Morgan fingerprint density at radius 1 is 1.56 bits per heavy atom. The summed E-state index contributed by atoms with van der Waals surface area (Å²) in [5.74, 6) is 0.0745. The summed E-state index contributed by atoms with van der Waals surface area (Å²) in [6.45, 7) is 1.88. The van der Waals surface area contributed by atoms with Gasteiger partial charge in [-0.25, -0.2) is 9.78 Å². The molecular weight excluding hydrogens is 256 g/mol. The topological polar surface area (TPSA) is 75.4 Å². The van der Waals surface area contributed by atoms with Gasteiger partial charge in [0.05, 0.1) is 17.9 Å². The Morgan fingerprint density at radius 3 is 2.94 bits per heavy atom. The second-order valence-electron chi connectivity index (χ2n) is 3.75. The molecule has 1 unspecified atom stereocenters. The number of hydrogen-bond donors (Lipinski definition) is 2. The van der Waals surface area contributed by atoms with Crippen molar-refractivity contribution in [1.82, 2.24) is 4.98 Å². The van der Waals surface area contributed by atoms with Gasteiger partial charge in [-0.1, -0.05) is 11.6 Å². The summed E-state index contributed by atoms with van der Waals surface area (Å²) in [6.07, 6.45) is 1.57. The van der Waals surface area contributed by atoms with Crippen LogP contribution < -0.4 is 5.32 Å². The molecule has 5 nitrogen and oxygen atoms in total. The van der Waals surface area contributed by atoms with Gasteiger partial charge in [-0.3, -0.25) is 0 Å². The Labute approximate surface area is 108 Å². The highest BCUT2D eigenvalue weighted by Gasteiger charge is 2.12. The van der Waals surface area contributed by atoms with Crippen LogP contribution in [0.25, 0.3) is 0 Å². The van der Waals surface area contributed by atoms with Gasteiger partial charge < -0.3 is 14.8 Å². The molecule has 0 spiro atoms. The predicted octanol–water partition coefficient (Wildman–Crippen LogP) is 3.20. The molecule has 0 aromatic carbocycles. The van der Waals surface area contributed by atoms with Crippen molar-refractivity contribution in [2.24, 2.45) is 0 Å². The zero-order valence-corrected chi connectivity index (χ0v) is 10.3. The number of nitrogens with zero attached hydrogens (tertiary/aromatic N) is 1. The minimum Gasteiger partial charge on any atom is -0.478 e. The molecule has 0 aliphatic carbocycles. The summed E-state index contributed by atoms with van der Waals surface area (Å²) in [4.78, 5) is 14.9. The maximum Gasteiger partial charge on any atom is 0.335 e. The lowest BCUT2D eigenvalue weighted by Gasteiger charge is -2.12. The lowest BCUT2D eigenvalue weighted by molar-refractivity contribution is 0.0697. The van der Waals surface area contributed by atoms with Crippen LogP contribution in [-0.4, -0.2) is 16.1 Å². The number of aromatic carboxylic acids is 1. The van der Waals surface area contributed by atoms with E-state index >= 15 is 0 Å². The lowest BCUT2D eigenvalue weighted by Crippen LogP contribution is -2.08. The number of aromatic nitrogens is 1. The van der Waals surface area contributed by atoms with Gasteiger partial charge in [-0.05, 0) is 31.2 Å². The molecule has 0 saturated carbocycles. The first-order valence-corrected chi connectivity index (χ1v) is 5.65. The molecule has 0 bridgehead atoms. The smallest absolute Gasteiger partial charge is 0.335 e. The zero-order valence-electron chi connectivity index (χ0n) is 9.55. The van der Waals surface area contributed by atoms with Gasteiger partial charge >= 0.3 is 5.97 Å². The average Bonchev–Trinajstić information content (AvgIpc) is 2.81. The van der Waals surface area contributed by atoms with Crippen LogP contribution in [0.4, 0.5) is 5.82 Å². The van der Waals surface area contributed by atoms with E-state index in [2.05, 4.69) is 10.3 Å². The van der Waals surface area contributed by atoms with Crippen LogP contribution >= 0.6 is 11.6 Å². The molecule has 2 heterocycles. The summed E-state index contributed by atoms with van der Waals surface area (Å²) in [5, 5.41) is 12.1. The van der Waals surface area contributed by atoms with Crippen LogP contribution in [0.15, 0.2) is 34.9 Å². The Kier molecular flexibility index (Phi) is 3.53. The van der Waals surface area contributed by atoms with E-state index in [9.17, 15) is 4.79 Å². The first-order valence-electron chi connectivity index (χ1n) is 5.27. The minimum atomic E-state index is -1.05. The molecule has 0 saturated heterocycles. The molecule has 18 heavy (non-hydrogen) atoms. The van der Waals surface area contributed by atoms with Crippen molar-refractivity contribution in [2.45, 2.75) is 13.0 Å². The Balaban J connectivity index is 2.21. The molecule has 0 fully saturated rings. The van der Waals surface area contributed by atoms with Gasteiger partial charge in [0, 0.05) is 0 Å². The van der Waals surface area contributed by atoms with Gasteiger partial charge in [0.25, 0.3) is 0 Å². The van der Waals surface area contributed by atoms with Crippen LogP contribution in [0.1, 0.15) is 29.1 Å². The number of anilines is 1. The van der Waals surface area contributed by atoms with E-state index in [1.807, 2.05) is 13.0 Å². The van der Waals surface area contributed by atoms with Crippen molar-refractivity contribution in [3.63, 3.8) is 0 Å². The number of furan rings is 1. The first kappa shape index (κ1) is 12.4. The van der Waals surface area contributed by atoms with Crippen LogP contribution in [0.5, 0.6) is 0 Å². The predicted molar refractivity (Wildman–Crippen MR) is 67.0 cm³/mol. The van der Waals surface area contributed by atoms with E-state index < -0.39 is 5.97 Å². The zero-order chi connectivity index (χ0) is 13.1. The van der Waals surface area contributed by atoms with E-state index in [-0.39, 0.29) is 16.8 Å². The third kappa shape index (κ3) is 2.81. The highest BCUT2D eigenvalue weighted by atomic mass is 35.5. The van der Waals surface area contributed by atoms with Crippen LogP contribution in [-0.2, 0) is 0 Å². The highest BCUT2D eigenvalue weighted by molar-refractivity contribution is 6.29. The molecule has 94 valence electrons. The number of rotatable bonds is 4. The molecule has 2 N–H and O–H groups in total. The summed E-state index contributed by atoms with van der Waals surface area (Å²) >= 11 is 5.76. The second kappa shape index (κ2) is 5.10. The molecule has 2 rings (SSSR count). The number of carbonyl (C=O) groups is 1. The molecule has 6 heteroatoms. The lowest BCUT2D eigenvalue weighted by atomic mass is 10.2. The first-order chi connectivity index (χ1) is 8.56. The van der Waals surface area contributed by atoms with E-state index in [4.69, 9.17) is 21.1 Å². The molecule has 2 aromatic rings. The number of carboxylic acid groups (broad SMARTS) is 1. The number of halogens is 1. The largest absolute Gasteiger partial charge is 0.478 e. The monoisotopic (exact) mass is 266 g/mol. The normalized spacial score (nSPS) is 12.1. The molecule has 1 atom stereocenters. The van der Waals surface area contributed by atoms with Crippen LogP contribution in [0, 0.1) is 0 Å². The number of nitrogens with one attached hydrogen (secondary N) is 1. The number of pyridine rings is 1. The fourth-order valence-corrected chi connectivity index (χ4v) is 1.73. The van der Waals surface area contributed by atoms with Gasteiger partial charge in [0.2, 0.25) is 0 Å². The highest BCUT2D eigenvalue weighted by Crippen LogP contribution is 2.21. The van der Waals surface area contributed by atoms with Crippen molar-refractivity contribution < 1.29 is 14.3 Å². The molecule has 0 aliphatic rings. The van der Waals surface area contributed by atoms with Gasteiger partial charge in [0.1, 0.15) is 16.7 Å². The van der Waals surface area contributed by atoms with Crippen molar-refractivity contribution in [2.75, 3.05) is 5.32 Å². The SMILES string of the molecule is CC(Nc1cc(C(=O)O)cc(Cl)n1)c1ccco1. The molecule has 0 amide bonds.